The smallest absolute Gasteiger partial charge is 0.252 e. The molecule has 2 rings (SSSR count). The van der Waals surface area contributed by atoms with E-state index < -0.39 is 0 Å². The average molecular weight is 300 g/mol. The van der Waals surface area contributed by atoms with Gasteiger partial charge in [0.1, 0.15) is 0 Å². The highest BCUT2D eigenvalue weighted by molar-refractivity contribution is 7.98. The summed E-state index contributed by atoms with van der Waals surface area (Å²) in [6, 6.07) is 5.44. The lowest BCUT2D eigenvalue weighted by Crippen LogP contribution is -2.32. The van der Waals surface area contributed by atoms with Gasteiger partial charge < -0.3 is 10.4 Å². The summed E-state index contributed by atoms with van der Waals surface area (Å²) in [4.78, 5) is 13.1. The van der Waals surface area contributed by atoms with Crippen molar-refractivity contribution in [2.45, 2.75) is 30.3 Å². The summed E-state index contributed by atoms with van der Waals surface area (Å²) in [5.41, 5.74) is 0.501. The zero-order valence-corrected chi connectivity index (χ0v) is 12.4. The predicted molar refractivity (Wildman–Crippen MR) is 78.9 cm³/mol. The molecule has 0 bridgehead atoms. The van der Waals surface area contributed by atoms with Gasteiger partial charge in [-0.05, 0) is 37.3 Å². The zero-order valence-electron chi connectivity index (χ0n) is 10.9. The minimum atomic E-state index is -0.284. The first-order valence-corrected chi connectivity index (χ1v) is 8.02. The van der Waals surface area contributed by atoms with Crippen LogP contribution in [0.15, 0.2) is 23.1 Å². The van der Waals surface area contributed by atoms with Gasteiger partial charge in [-0.2, -0.15) is 0 Å². The molecule has 1 saturated carbocycles. The quantitative estimate of drug-likeness (QED) is 0.841. The molecule has 0 saturated heterocycles. The first kappa shape index (κ1) is 14.7. The second-order valence-electron chi connectivity index (χ2n) is 4.81. The van der Waals surface area contributed by atoms with Crippen LogP contribution in [0.25, 0.3) is 0 Å². The van der Waals surface area contributed by atoms with Crippen molar-refractivity contribution in [2.75, 3.05) is 12.8 Å². The number of halogens is 1. The van der Waals surface area contributed by atoms with Gasteiger partial charge in [-0.3, -0.25) is 4.79 Å². The number of thioether (sulfide) groups is 1. The maximum absolute atomic E-state index is 12.1. The minimum Gasteiger partial charge on any atom is -0.393 e. The molecule has 1 amide bonds. The van der Waals surface area contributed by atoms with E-state index in [1.54, 1.807) is 23.9 Å². The van der Waals surface area contributed by atoms with E-state index >= 15 is 0 Å². The molecule has 1 aromatic carbocycles. The van der Waals surface area contributed by atoms with E-state index in [0.29, 0.717) is 17.1 Å². The molecule has 3 nitrogen and oxygen atoms in total. The summed E-state index contributed by atoms with van der Waals surface area (Å²) in [5.74, 6) is 0.00598. The predicted octanol–water partition coefficient (Wildman–Crippen LogP) is 2.95. The fourth-order valence-electron chi connectivity index (χ4n) is 2.38. The van der Waals surface area contributed by atoms with Crippen LogP contribution in [-0.4, -0.2) is 29.9 Å². The lowest BCUT2D eigenvalue weighted by atomic mass is 10.1. The van der Waals surface area contributed by atoms with E-state index in [2.05, 4.69) is 5.32 Å². The van der Waals surface area contributed by atoms with Crippen LogP contribution >= 0.6 is 23.4 Å². The third-order valence-corrected chi connectivity index (χ3v) is 4.62. The van der Waals surface area contributed by atoms with Crippen LogP contribution in [0.3, 0.4) is 0 Å². The van der Waals surface area contributed by atoms with Crippen molar-refractivity contribution >= 4 is 29.3 Å². The van der Waals surface area contributed by atoms with Gasteiger partial charge in [0, 0.05) is 17.4 Å². The molecule has 1 aliphatic rings. The maximum atomic E-state index is 12.1. The van der Waals surface area contributed by atoms with Crippen LogP contribution in [0.4, 0.5) is 0 Å². The van der Waals surface area contributed by atoms with E-state index in [0.717, 1.165) is 24.2 Å². The van der Waals surface area contributed by atoms with Crippen LogP contribution < -0.4 is 5.32 Å². The molecule has 1 aliphatic carbocycles. The molecule has 0 aromatic heterocycles. The fraction of sp³-hybridized carbons (Fsp3) is 0.500. The average Bonchev–Trinajstić information content (AvgIpc) is 2.82. The number of benzene rings is 1. The number of rotatable bonds is 4. The maximum Gasteiger partial charge on any atom is 0.252 e. The Morgan fingerprint density at radius 2 is 2.32 bits per heavy atom. The van der Waals surface area contributed by atoms with Crippen LogP contribution in [0.1, 0.15) is 29.6 Å². The van der Waals surface area contributed by atoms with Crippen LogP contribution in [-0.2, 0) is 0 Å². The van der Waals surface area contributed by atoms with Crippen LogP contribution in [0.5, 0.6) is 0 Å². The van der Waals surface area contributed by atoms with Gasteiger partial charge in [0.05, 0.1) is 16.7 Å². The Kier molecular flexibility index (Phi) is 5.13. The lowest BCUT2D eigenvalue weighted by Gasteiger charge is -2.15. The number of nitrogens with one attached hydrogen (secondary N) is 1. The summed E-state index contributed by atoms with van der Waals surface area (Å²) in [7, 11) is 0. The number of aliphatic hydroxyl groups is 1. The summed E-state index contributed by atoms with van der Waals surface area (Å²) in [6.45, 7) is 0.514. The van der Waals surface area contributed by atoms with Crippen molar-refractivity contribution < 1.29 is 9.90 Å². The molecular weight excluding hydrogens is 282 g/mol. The second kappa shape index (κ2) is 6.64. The molecule has 19 heavy (non-hydrogen) atoms. The number of hydrogen-bond acceptors (Lipinski definition) is 3. The van der Waals surface area contributed by atoms with E-state index in [9.17, 15) is 9.90 Å². The Balaban J connectivity index is 1.99. The Morgan fingerprint density at radius 3 is 2.95 bits per heavy atom. The molecule has 5 heteroatoms. The first-order chi connectivity index (χ1) is 9.11. The highest BCUT2D eigenvalue weighted by Gasteiger charge is 2.25. The molecule has 1 aromatic rings. The molecule has 2 N–H and O–H groups in total. The molecule has 2 unspecified atom stereocenters. The number of amides is 1. The Labute approximate surface area is 122 Å². The number of hydrogen-bond donors (Lipinski definition) is 2. The van der Waals surface area contributed by atoms with Crippen molar-refractivity contribution in [3.63, 3.8) is 0 Å². The van der Waals surface area contributed by atoms with Crippen molar-refractivity contribution in [1.82, 2.24) is 5.32 Å². The van der Waals surface area contributed by atoms with E-state index in [1.165, 1.54) is 0 Å². The van der Waals surface area contributed by atoms with Gasteiger partial charge in [-0.15, -0.1) is 11.8 Å². The molecule has 0 aliphatic heterocycles. The summed E-state index contributed by atoms with van der Waals surface area (Å²) >= 11 is 7.63. The Bertz CT molecular complexity index is 467. The molecule has 1 fully saturated rings. The SMILES string of the molecule is CSc1ccc(Cl)c(C(=O)NCC2CCCC2O)c1. The molecule has 2 atom stereocenters. The fourth-order valence-corrected chi connectivity index (χ4v) is 3.02. The highest BCUT2D eigenvalue weighted by atomic mass is 35.5. The first-order valence-electron chi connectivity index (χ1n) is 6.41. The summed E-state index contributed by atoms with van der Waals surface area (Å²) < 4.78 is 0. The summed E-state index contributed by atoms with van der Waals surface area (Å²) in [5, 5.41) is 13.1. The van der Waals surface area contributed by atoms with Crippen molar-refractivity contribution in [3.05, 3.63) is 28.8 Å². The normalized spacial score (nSPS) is 22.5. The van der Waals surface area contributed by atoms with Crippen LogP contribution in [0, 0.1) is 5.92 Å². The summed E-state index contributed by atoms with van der Waals surface area (Å²) in [6.07, 6.45) is 4.52. The number of carbonyl (C=O) groups is 1. The largest absolute Gasteiger partial charge is 0.393 e. The Morgan fingerprint density at radius 1 is 1.53 bits per heavy atom. The van der Waals surface area contributed by atoms with Crippen molar-refractivity contribution in [3.8, 4) is 0 Å². The van der Waals surface area contributed by atoms with Gasteiger partial charge >= 0.3 is 0 Å². The van der Waals surface area contributed by atoms with Gasteiger partial charge in [-0.1, -0.05) is 18.0 Å². The third-order valence-electron chi connectivity index (χ3n) is 3.56. The van der Waals surface area contributed by atoms with Crippen molar-refractivity contribution in [2.24, 2.45) is 5.92 Å². The van der Waals surface area contributed by atoms with Gasteiger partial charge in [-0.25, -0.2) is 0 Å². The molecule has 0 radical (unpaired) electrons. The van der Waals surface area contributed by atoms with Gasteiger partial charge in [0.25, 0.3) is 5.91 Å². The van der Waals surface area contributed by atoms with E-state index in [4.69, 9.17) is 11.6 Å². The lowest BCUT2D eigenvalue weighted by molar-refractivity contribution is 0.0916. The molecule has 104 valence electrons. The third kappa shape index (κ3) is 3.65. The van der Waals surface area contributed by atoms with E-state index in [-0.39, 0.29) is 17.9 Å². The minimum absolute atomic E-state index is 0.167. The number of carbonyl (C=O) groups excluding carboxylic acids is 1. The highest BCUT2D eigenvalue weighted by Crippen LogP contribution is 2.26. The molecule has 0 heterocycles. The second-order valence-corrected chi connectivity index (χ2v) is 6.10. The molecular formula is C14H18ClNO2S. The van der Waals surface area contributed by atoms with Gasteiger partial charge in [0.2, 0.25) is 0 Å². The monoisotopic (exact) mass is 299 g/mol. The van der Waals surface area contributed by atoms with Crippen LogP contribution in [0.2, 0.25) is 5.02 Å². The van der Waals surface area contributed by atoms with E-state index in [1.807, 2.05) is 12.3 Å². The number of aliphatic hydroxyl groups excluding tert-OH is 1. The topological polar surface area (TPSA) is 49.3 Å². The Hall–Kier alpha value is -0.710. The zero-order chi connectivity index (χ0) is 13.8. The standard InChI is InChI=1S/C14H18ClNO2S/c1-19-10-5-6-12(15)11(7-10)14(18)16-8-9-3-2-4-13(9)17/h5-7,9,13,17H,2-4,8H2,1H3,(H,16,18). The molecule has 0 spiro atoms. The van der Waals surface area contributed by atoms with Gasteiger partial charge in [0.15, 0.2) is 0 Å². The van der Waals surface area contributed by atoms with Crippen molar-refractivity contribution in [1.29, 1.82) is 0 Å².